The molecule has 126 heavy (non-hydrogen) atoms. The Kier molecular flexibility index (Phi) is 113. The standard InChI is InChI=1S/2C14H23NOSi.C12H19NOSi.C10H13NO.C5H11I.C5H11NO.C5H14Si.C5H12.C4H9I.C4H9NO.C4H8O2.C4H12OSi.C4H10O.C3H5F3.C3H8.CH3F.2CH4/c1-6-10-17(4,5)14-9-7-8-13(11-14)15(3)12(2)16;1-5-11-17(3,4)12-15(13(2)16)14-9-7-6-8-10-14;1-11(14)13(10-15(2,3)4)12-8-6-5-7-9-12;1-3-11(9(2)12)10-7-5-4-6-8-10;1-4-5(2,3)6;1-4-6(3)5(2)7;1-5-6(2,3)4;1-4-5(2)3;1-3-4(2)5;1-3-5-4(2)6;1-3-6-4(2)5;1-4-6(2,3)5;1-3-5-4-2;1-2-3(4,5)6;1-3-2;1-2;;/h7-9,11H,6,10H2,1-5H3;6-10H,5,11-12H2,1-4H3;5-9H,10H2,1-4H3;4-8H,3H2,1-2H3;4H2,1-3H3;4H2,1-3H3;5H2,1-4H3;5H,4H2,1-3H3;4H,3H2,1-2H3;3H2,1-2H3,(H,5,6);3H2,1-2H3;5H,4H2,1-3H3;3-4H2,1-2H3;2H2,1H3;3H2,1-2H3;1H3;2*1H4. The van der Waals surface area contributed by atoms with Crippen LogP contribution in [0.1, 0.15) is 254 Å². The molecule has 0 spiro atoms. The number of nitrogens with zero attached hydrogens (tertiary/aromatic N) is 5. The number of carbonyl (C=O) groups is 7. The van der Waals surface area contributed by atoms with Crippen molar-refractivity contribution >= 4 is 155 Å². The van der Waals surface area contributed by atoms with Gasteiger partial charge in [0.15, 0.2) is 8.32 Å². The van der Waals surface area contributed by atoms with Gasteiger partial charge in [-0.05, 0) is 128 Å². The summed E-state index contributed by atoms with van der Waals surface area (Å²) in [6.07, 6.45) is 4.65. The van der Waals surface area contributed by atoms with Gasteiger partial charge in [0.2, 0.25) is 35.4 Å². The molecule has 0 heterocycles. The maximum absolute atomic E-state index is 11.8. The molecule has 0 radical (unpaired) electrons. The first-order valence-electron chi connectivity index (χ1n) is 44.8. The number of hydrogen-bond donors (Lipinski definition) is 2. The molecule has 1 unspecified atom stereocenters. The van der Waals surface area contributed by atoms with Crippen LogP contribution in [0.3, 0.4) is 0 Å². The van der Waals surface area contributed by atoms with E-state index in [-0.39, 0.29) is 56.3 Å². The molecule has 6 amide bonds. The summed E-state index contributed by atoms with van der Waals surface area (Å²) in [6.45, 7) is 86.0. The van der Waals surface area contributed by atoms with E-state index in [1.165, 1.54) is 75.7 Å². The van der Waals surface area contributed by atoms with Gasteiger partial charge in [-0.3, -0.25) is 38.0 Å². The number of nitrogens with one attached hydrogen (secondary N) is 1. The molecule has 0 aliphatic heterocycles. The summed E-state index contributed by atoms with van der Waals surface area (Å²) >= 11 is 4.85. The lowest BCUT2D eigenvalue weighted by Crippen LogP contribution is -2.44. The molecular weight excluding hydrogens is 1900 g/mol. The first kappa shape index (κ1) is 153. The summed E-state index contributed by atoms with van der Waals surface area (Å²) in [5.74, 6) is 1.28. The van der Waals surface area contributed by atoms with Crippen molar-refractivity contribution in [3.05, 3.63) is 115 Å². The summed E-state index contributed by atoms with van der Waals surface area (Å²) in [5, 5.41) is 4.00. The Morgan fingerprint density at radius 2 is 0.794 bits per heavy atom. The van der Waals surface area contributed by atoms with Gasteiger partial charge >= 0.3 is 12.1 Å². The Hall–Kier alpha value is -4.65. The highest BCUT2D eigenvalue weighted by molar-refractivity contribution is 14.1. The minimum atomic E-state index is -3.96. The van der Waals surface area contributed by atoms with Crippen LogP contribution in [0.25, 0.3) is 0 Å². The molecule has 16 nitrogen and oxygen atoms in total. The Bertz CT molecular complexity index is 3030. The smallest absolute Gasteiger partial charge is 0.388 e. The molecule has 0 aliphatic rings. The highest BCUT2D eigenvalue weighted by Gasteiger charge is 2.27. The fourth-order valence-corrected chi connectivity index (χ4v) is 14.6. The fraction of sp³-hybridized carbons (Fsp3) is 0.687. The van der Waals surface area contributed by atoms with Crippen molar-refractivity contribution < 1.29 is 65.4 Å². The maximum atomic E-state index is 11.8. The van der Waals surface area contributed by atoms with Gasteiger partial charge in [0, 0.05) is 152 Å². The monoisotopic (exact) mass is 2100 g/mol. The molecule has 2 N–H and O–H groups in total. The molecule has 0 aliphatic carbocycles. The second-order valence-corrected chi connectivity index (χ2v) is 65.0. The number of para-hydroxylation sites is 3. The van der Waals surface area contributed by atoms with Crippen molar-refractivity contribution in [2.45, 2.75) is 370 Å². The number of hydrogen-bond acceptors (Lipinski definition) is 10. The van der Waals surface area contributed by atoms with Crippen molar-refractivity contribution in [1.82, 2.24) is 10.2 Å². The number of esters is 1. The second kappa shape index (κ2) is 93.6. The van der Waals surface area contributed by atoms with Gasteiger partial charge in [0.1, 0.15) is 0 Å². The van der Waals surface area contributed by atoms with E-state index >= 15 is 0 Å². The zero-order chi connectivity index (χ0) is 100. The number of alkyl halides is 6. The summed E-state index contributed by atoms with van der Waals surface area (Å²) in [7, 11) is -2.05. The summed E-state index contributed by atoms with van der Waals surface area (Å²) in [4.78, 5) is 93.7. The zero-order valence-corrected chi connectivity index (χ0v) is 96.5. The number of anilines is 4. The SMILES string of the molecule is C.C.CC(=O)N(C[Si](C)(C)C)c1ccccc1.CCC.CCC(C)(C)I.CCC(C)C.CCC(C)I.CCC(F)(F)F.CCC[Si](C)(C)CN(C(C)=O)c1ccccc1.CCC[Si](C)(C)c1cccc(N(C)C(C)=O)c1.CCN(C(C)=O)c1ccccc1.CCN(C)C(C)=O.CCNC(C)=O.CCOC(C)=O.CCOCC.CC[Si](C)(C)C.CC[Si](C)(C)O.CF. The van der Waals surface area contributed by atoms with Crippen LogP contribution in [-0.4, -0.2) is 178 Å². The van der Waals surface area contributed by atoms with Crippen molar-refractivity contribution in [2.24, 2.45) is 5.92 Å². The second-order valence-electron chi connectivity index (χ2n) is 34.4. The predicted octanol–water partition coefficient (Wildman–Crippen LogP) is 29.6. The topological polar surface area (TPSA) is 186 Å². The van der Waals surface area contributed by atoms with E-state index < -0.39 is 53.2 Å². The summed E-state index contributed by atoms with van der Waals surface area (Å²) in [5.41, 5.74) is 4.00. The number of carbonyl (C=O) groups excluding carboxylic acids is 7. The van der Waals surface area contributed by atoms with Gasteiger partial charge in [0.05, 0.1) is 38.0 Å². The molecule has 0 saturated heterocycles. The Morgan fingerprint density at radius 1 is 0.476 bits per heavy atom. The number of amides is 6. The van der Waals surface area contributed by atoms with E-state index in [0.717, 1.165) is 90.7 Å². The van der Waals surface area contributed by atoms with Crippen LogP contribution in [0.15, 0.2) is 115 Å². The number of benzene rings is 4. The van der Waals surface area contributed by atoms with Crippen LogP contribution in [-0.2, 0) is 43.0 Å². The van der Waals surface area contributed by atoms with Crippen LogP contribution in [0.2, 0.25) is 103 Å². The molecule has 0 saturated carbocycles. The largest absolute Gasteiger partial charge is 0.466 e. The minimum Gasteiger partial charge on any atom is -0.466 e. The van der Waals surface area contributed by atoms with Gasteiger partial charge in [0.25, 0.3) is 0 Å². The molecule has 4 rings (SSSR count). The molecular formula is C99H198F4I2N6O10Si5. The molecule has 4 aromatic rings. The molecule has 1 atom stereocenters. The van der Waals surface area contributed by atoms with E-state index in [4.69, 9.17) is 9.53 Å². The van der Waals surface area contributed by atoms with E-state index in [1.54, 1.807) is 63.3 Å². The highest BCUT2D eigenvalue weighted by Crippen LogP contribution is 2.23. The van der Waals surface area contributed by atoms with Gasteiger partial charge in [-0.2, -0.15) is 13.2 Å². The first-order valence-corrected chi connectivity index (χ1v) is 64.4. The number of halogens is 6. The average Bonchev–Trinajstić information content (AvgIpc) is 0.829. The van der Waals surface area contributed by atoms with Crippen LogP contribution in [0.4, 0.5) is 40.3 Å². The quantitative estimate of drug-likeness (QED) is 0.0225. The first-order chi connectivity index (χ1) is 56.8. The number of rotatable bonds is 24. The van der Waals surface area contributed by atoms with E-state index in [0.29, 0.717) is 17.2 Å². The van der Waals surface area contributed by atoms with Gasteiger partial charge in [-0.1, -0.05) is 345 Å². The highest BCUT2D eigenvalue weighted by atomic mass is 127. The van der Waals surface area contributed by atoms with Crippen LogP contribution < -0.4 is 30.1 Å². The molecule has 0 fully saturated rings. The van der Waals surface area contributed by atoms with Crippen LogP contribution in [0.5, 0.6) is 0 Å². The van der Waals surface area contributed by atoms with Gasteiger partial charge < -0.3 is 44.1 Å². The normalized spacial score (nSPS) is 10.3. The Labute approximate surface area is 808 Å². The molecule has 0 bridgehead atoms. The molecule has 0 aromatic heterocycles. The Morgan fingerprint density at radius 3 is 0.960 bits per heavy atom. The zero-order valence-electron chi connectivity index (χ0n) is 87.2. The van der Waals surface area contributed by atoms with Crippen molar-refractivity contribution in [2.75, 3.05) is 92.7 Å². The molecule has 4 aromatic carbocycles. The Balaban J connectivity index is -0.0000000911. The fourth-order valence-electron chi connectivity index (χ4n) is 7.80. The van der Waals surface area contributed by atoms with Crippen molar-refractivity contribution in [1.29, 1.82) is 0 Å². The molecule has 27 heteroatoms. The van der Waals surface area contributed by atoms with Crippen LogP contribution >= 0.6 is 45.2 Å². The predicted molar refractivity (Wildman–Crippen MR) is 585 cm³/mol. The van der Waals surface area contributed by atoms with Crippen molar-refractivity contribution in [3.8, 4) is 0 Å². The van der Waals surface area contributed by atoms with Crippen LogP contribution in [0, 0.1) is 5.92 Å². The number of ether oxygens (including phenoxy) is 2. The van der Waals surface area contributed by atoms with E-state index in [9.17, 15) is 51.1 Å². The maximum Gasteiger partial charge on any atom is 0.388 e. The van der Waals surface area contributed by atoms with Crippen molar-refractivity contribution in [3.63, 3.8) is 0 Å². The lowest BCUT2D eigenvalue weighted by molar-refractivity contribution is -0.140. The average molecular weight is 2100 g/mol. The third kappa shape index (κ3) is 121. The lowest BCUT2D eigenvalue weighted by Gasteiger charge is -2.30. The lowest BCUT2D eigenvalue weighted by atomic mass is 10.2. The molecule has 746 valence electrons. The summed E-state index contributed by atoms with van der Waals surface area (Å²) in [6, 6.07) is 42.9. The van der Waals surface area contributed by atoms with Gasteiger partial charge in [-0.15, -0.1) is 0 Å². The van der Waals surface area contributed by atoms with Gasteiger partial charge in [-0.25, -0.2) is 0 Å². The third-order valence-electron chi connectivity index (χ3n) is 16.9. The van der Waals surface area contributed by atoms with E-state index in [2.05, 4.69) is 229 Å². The minimum absolute atomic E-state index is 0. The summed E-state index contributed by atoms with van der Waals surface area (Å²) < 4.78 is 52.5. The third-order valence-corrected chi connectivity index (χ3v) is 30.3. The van der Waals surface area contributed by atoms with E-state index in [1.807, 2.05) is 169 Å².